The van der Waals surface area contributed by atoms with E-state index in [1.54, 1.807) is 0 Å². The van der Waals surface area contributed by atoms with Gasteiger partial charge in [0.2, 0.25) is 0 Å². The van der Waals surface area contributed by atoms with Crippen molar-refractivity contribution < 1.29 is 0 Å². The molecule has 1 saturated carbocycles. The summed E-state index contributed by atoms with van der Waals surface area (Å²) in [5.41, 5.74) is 1.28. The molecule has 1 N–H and O–H groups in total. The van der Waals surface area contributed by atoms with Crippen LogP contribution in [-0.4, -0.2) is 16.3 Å². The molecule has 1 aliphatic rings. The van der Waals surface area contributed by atoms with Crippen LogP contribution in [0.3, 0.4) is 0 Å². The molecule has 0 aromatic heterocycles. The van der Waals surface area contributed by atoms with Gasteiger partial charge < -0.3 is 5.32 Å². The highest BCUT2D eigenvalue weighted by Gasteiger charge is 2.20. The Labute approximate surface area is 70.2 Å². The van der Waals surface area contributed by atoms with E-state index in [4.69, 9.17) is 0 Å². The highest BCUT2D eigenvalue weighted by molar-refractivity contribution is 6.32. The lowest BCUT2D eigenvalue weighted by Gasteiger charge is -2.03. The summed E-state index contributed by atoms with van der Waals surface area (Å²) in [6.07, 6.45) is 2.70. The minimum Gasteiger partial charge on any atom is -0.382 e. The topological polar surface area (TPSA) is 12.0 Å². The van der Waals surface area contributed by atoms with Crippen molar-refractivity contribution in [2.24, 2.45) is 0 Å². The molecule has 2 heteroatoms. The first-order chi connectivity index (χ1) is 5.34. The van der Waals surface area contributed by atoms with Crippen LogP contribution < -0.4 is 10.5 Å². The molecule has 0 unspecified atom stereocenters. The SMILES string of the molecule is [SiH3]c1ccc(NC2CC2)cc1. The second-order valence-corrected chi connectivity index (χ2v) is 4.44. The molecule has 58 valence electrons. The Kier molecular flexibility index (Phi) is 1.70. The first kappa shape index (κ1) is 6.92. The molecular formula is C9H13NSi. The van der Waals surface area contributed by atoms with Gasteiger partial charge in [0.15, 0.2) is 0 Å². The summed E-state index contributed by atoms with van der Waals surface area (Å²) in [5.74, 6) is 0. The van der Waals surface area contributed by atoms with Crippen LogP contribution in [0.2, 0.25) is 0 Å². The quantitative estimate of drug-likeness (QED) is 0.616. The first-order valence-electron chi connectivity index (χ1n) is 4.18. The number of hydrogen-bond donors (Lipinski definition) is 1. The minimum atomic E-state index is 0.773. The highest BCUT2D eigenvalue weighted by atomic mass is 28.1. The van der Waals surface area contributed by atoms with Crippen molar-refractivity contribution in [1.29, 1.82) is 0 Å². The van der Waals surface area contributed by atoms with Crippen LogP contribution in [0.15, 0.2) is 24.3 Å². The Morgan fingerprint density at radius 2 is 1.82 bits per heavy atom. The van der Waals surface area contributed by atoms with Gasteiger partial charge in [-0.1, -0.05) is 17.3 Å². The summed E-state index contributed by atoms with van der Waals surface area (Å²) in [6, 6.07) is 9.55. The third kappa shape index (κ3) is 1.83. The Morgan fingerprint density at radius 1 is 1.18 bits per heavy atom. The van der Waals surface area contributed by atoms with Gasteiger partial charge in [-0.15, -0.1) is 0 Å². The molecule has 0 amide bonds. The van der Waals surface area contributed by atoms with Gasteiger partial charge in [0, 0.05) is 22.0 Å². The number of nitrogens with one attached hydrogen (secondary N) is 1. The van der Waals surface area contributed by atoms with Crippen molar-refractivity contribution in [2.75, 3.05) is 5.32 Å². The zero-order valence-corrected chi connectivity index (χ0v) is 8.80. The molecule has 1 nitrogen and oxygen atoms in total. The van der Waals surface area contributed by atoms with Crippen LogP contribution in [0.1, 0.15) is 12.8 Å². The molecule has 1 aromatic rings. The van der Waals surface area contributed by atoms with Gasteiger partial charge in [-0.3, -0.25) is 0 Å². The molecule has 2 rings (SSSR count). The van der Waals surface area contributed by atoms with Crippen LogP contribution in [0.25, 0.3) is 0 Å². The lowest BCUT2D eigenvalue weighted by Crippen LogP contribution is -2.04. The number of hydrogen-bond acceptors (Lipinski definition) is 1. The number of anilines is 1. The molecule has 1 aliphatic carbocycles. The van der Waals surface area contributed by atoms with E-state index in [2.05, 4.69) is 29.6 Å². The molecule has 0 saturated heterocycles. The van der Waals surface area contributed by atoms with Crippen molar-refractivity contribution in [1.82, 2.24) is 0 Å². The fraction of sp³-hybridized carbons (Fsp3) is 0.333. The van der Waals surface area contributed by atoms with E-state index >= 15 is 0 Å². The summed E-state index contributed by atoms with van der Waals surface area (Å²) < 4.78 is 0. The standard InChI is InChI=1S/C9H13NSi/c11-9-5-3-8(4-6-9)10-7-1-2-7/h3-7,10H,1-2H2,11H3. The third-order valence-corrected chi connectivity index (χ3v) is 2.67. The van der Waals surface area contributed by atoms with Crippen LogP contribution in [0.4, 0.5) is 5.69 Å². The van der Waals surface area contributed by atoms with Gasteiger partial charge in [0.1, 0.15) is 0 Å². The van der Waals surface area contributed by atoms with Gasteiger partial charge >= 0.3 is 0 Å². The highest BCUT2D eigenvalue weighted by Crippen LogP contribution is 2.23. The van der Waals surface area contributed by atoms with Gasteiger partial charge in [0.25, 0.3) is 0 Å². The molecule has 11 heavy (non-hydrogen) atoms. The number of benzene rings is 1. The van der Waals surface area contributed by atoms with E-state index in [9.17, 15) is 0 Å². The lowest BCUT2D eigenvalue weighted by molar-refractivity contribution is 1.16. The third-order valence-electron chi connectivity index (χ3n) is 2.00. The lowest BCUT2D eigenvalue weighted by atomic mass is 10.3. The smallest absolute Gasteiger partial charge is 0.0384 e. The van der Waals surface area contributed by atoms with Gasteiger partial charge in [0.05, 0.1) is 0 Å². The summed E-state index contributed by atoms with van der Waals surface area (Å²) >= 11 is 0. The van der Waals surface area contributed by atoms with Gasteiger partial charge in [-0.2, -0.15) is 0 Å². The fourth-order valence-corrected chi connectivity index (χ4v) is 1.45. The normalized spacial score (nSPS) is 16.7. The van der Waals surface area contributed by atoms with Crippen LogP contribution in [0, 0.1) is 0 Å². The van der Waals surface area contributed by atoms with E-state index < -0.39 is 0 Å². The molecule has 1 fully saturated rings. The Bertz CT molecular complexity index is 238. The van der Waals surface area contributed by atoms with Crippen molar-refractivity contribution in [3.63, 3.8) is 0 Å². The molecular weight excluding hydrogens is 150 g/mol. The summed E-state index contributed by atoms with van der Waals surface area (Å²) in [5, 5.41) is 4.92. The molecule has 0 bridgehead atoms. The second kappa shape index (κ2) is 2.70. The minimum absolute atomic E-state index is 0.773. The molecule has 1 aromatic carbocycles. The first-order valence-corrected chi connectivity index (χ1v) is 5.18. The van der Waals surface area contributed by atoms with Crippen molar-refractivity contribution in [3.8, 4) is 0 Å². The van der Waals surface area contributed by atoms with E-state index in [1.807, 2.05) is 0 Å². The Morgan fingerprint density at radius 3 is 2.36 bits per heavy atom. The van der Waals surface area contributed by atoms with Gasteiger partial charge in [-0.05, 0) is 25.0 Å². The summed E-state index contributed by atoms with van der Waals surface area (Å²) in [4.78, 5) is 0. The maximum absolute atomic E-state index is 3.46. The zero-order chi connectivity index (χ0) is 7.68. The maximum atomic E-state index is 3.46. The van der Waals surface area contributed by atoms with E-state index in [1.165, 1.54) is 23.7 Å². The maximum Gasteiger partial charge on any atom is 0.0384 e. The van der Waals surface area contributed by atoms with E-state index in [-0.39, 0.29) is 0 Å². The Hall–Kier alpha value is -0.763. The summed E-state index contributed by atoms with van der Waals surface area (Å²) in [6.45, 7) is 0. The van der Waals surface area contributed by atoms with E-state index in [0.717, 1.165) is 16.3 Å². The van der Waals surface area contributed by atoms with Gasteiger partial charge in [-0.25, -0.2) is 0 Å². The van der Waals surface area contributed by atoms with Crippen molar-refractivity contribution >= 4 is 21.1 Å². The van der Waals surface area contributed by atoms with Crippen molar-refractivity contribution in [2.45, 2.75) is 18.9 Å². The molecule has 0 aliphatic heterocycles. The number of rotatable bonds is 2. The van der Waals surface area contributed by atoms with Crippen LogP contribution >= 0.6 is 0 Å². The molecule has 0 spiro atoms. The monoisotopic (exact) mass is 163 g/mol. The van der Waals surface area contributed by atoms with Crippen molar-refractivity contribution in [3.05, 3.63) is 24.3 Å². The average molecular weight is 163 g/mol. The zero-order valence-electron chi connectivity index (χ0n) is 6.80. The fourth-order valence-electron chi connectivity index (χ4n) is 1.11. The largest absolute Gasteiger partial charge is 0.382 e. The second-order valence-electron chi connectivity index (χ2n) is 3.28. The molecule has 0 atom stereocenters. The van der Waals surface area contributed by atoms with Crippen LogP contribution in [-0.2, 0) is 0 Å². The predicted octanol–water partition coefficient (Wildman–Crippen LogP) is 0.252. The predicted molar refractivity (Wildman–Crippen MR) is 52.7 cm³/mol. The molecule has 0 radical (unpaired) electrons. The van der Waals surface area contributed by atoms with Crippen LogP contribution in [0.5, 0.6) is 0 Å². The Balaban J connectivity index is 2.06. The summed E-state index contributed by atoms with van der Waals surface area (Å²) in [7, 11) is 1.16. The average Bonchev–Trinajstić information content (AvgIpc) is 2.78. The molecule has 0 heterocycles. The van der Waals surface area contributed by atoms with E-state index in [0.29, 0.717) is 0 Å².